The highest BCUT2D eigenvalue weighted by Crippen LogP contribution is 2.33. The lowest BCUT2D eigenvalue weighted by Gasteiger charge is -2.12. The number of halogens is 4. The van der Waals surface area contributed by atoms with E-state index in [9.17, 15) is 13.6 Å². The van der Waals surface area contributed by atoms with Crippen LogP contribution in [-0.4, -0.2) is 17.1 Å². The van der Waals surface area contributed by atoms with Crippen LogP contribution >= 0.6 is 27.5 Å². The molecule has 0 spiro atoms. The predicted octanol–water partition coefficient (Wildman–Crippen LogP) is 3.89. The van der Waals surface area contributed by atoms with Crippen LogP contribution in [0, 0.1) is 11.6 Å². The lowest BCUT2D eigenvalue weighted by molar-refractivity contribution is -0.121. The molecule has 4 nitrogen and oxygen atoms in total. The Morgan fingerprint density at radius 1 is 1.30 bits per heavy atom. The molecule has 0 radical (unpaired) electrons. The van der Waals surface area contributed by atoms with Gasteiger partial charge in [0.2, 0.25) is 5.91 Å². The average molecular weight is 401 g/mol. The van der Waals surface area contributed by atoms with Gasteiger partial charge < -0.3 is 5.32 Å². The van der Waals surface area contributed by atoms with Gasteiger partial charge in [-0.25, -0.2) is 13.8 Å². The molecule has 3 rings (SSSR count). The van der Waals surface area contributed by atoms with E-state index in [1.54, 1.807) is 6.07 Å². The molecule has 1 atom stereocenters. The van der Waals surface area contributed by atoms with Crippen molar-refractivity contribution in [1.29, 1.82) is 0 Å². The van der Waals surface area contributed by atoms with E-state index in [1.807, 2.05) is 0 Å². The first-order chi connectivity index (χ1) is 11.0. The number of nitrogens with zero attached hydrogens (tertiary/aromatic N) is 2. The second-order valence-electron chi connectivity index (χ2n) is 4.89. The first kappa shape index (κ1) is 16.0. The second kappa shape index (κ2) is 6.33. The largest absolute Gasteiger partial charge is 0.351 e. The third-order valence-electron chi connectivity index (χ3n) is 3.41. The lowest BCUT2D eigenvalue weighted by atomic mass is 10.0. The summed E-state index contributed by atoms with van der Waals surface area (Å²) in [5.41, 5.74) is 0.958. The quantitative estimate of drug-likeness (QED) is 0.795. The topological polar surface area (TPSA) is 54.4 Å². The standard InChI is InChI=1S/C15H9BrClF2N3O/c16-7-1-11(18)10(12(19)2-7)5-22-15(23)9-4-20-13-6-21-14(17)3-8(9)13/h1-4,6,9H,5H2,(H,22,23). The third kappa shape index (κ3) is 3.25. The van der Waals surface area contributed by atoms with Crippen molar-refractivity contribution in [3.63, 3.8) is 0 Å². The molecule has 8 heteroatoms. The third-order valence-corrected chi connectivity index (χ3v) is 4.07. The first-order valence-corrected chi connectivity index (χ1v) is 7.73. The first-order valence-electron chi connectivity index (χ1n) is 6.56. The van der Waals surface area contributed by atoms with Gasteiger partial charge in [0.1, 0.15) is 22.7 Å². The molecule has 23 heavy (non-hydrogen) atoms. The van der Waals surface area contributed by atoms with Gasteiger partial charge in [0.15, 0.2) is 0 Å². The fraction of sp³-hybridized carbons (Fsp3) is 0.133. The summed E-state index contributed by atoms with van der Waals surface area (Å²) in [6, 6.07) is 3.83. The smallest absolute Gasteiger partial charge is 0.233 e. The fourth-order valence-corrected chi connectivity index (χ4v) is 2.83. The van der Waals surface area contributed by atoms with Crippen molar-refractivity contribution in [2.75, 3.05) is 0 Å². The minimum atomic E-state index is -0.732. The van der Waals surface area contributed by atoms with Gasteiger partial charge in [-0.15, -0.1) is 0 Å². The molecule has 0 saturated heterocycles. The van der Waals surface area contributed by atoms with E-state index in [0.29, 0.717) is 15.7 Å². The Labute approximate surface area is 143 Å². The Morgan fingerprint density at radius 2 is 2.00 bits per heavy atom. The molecule has 1 aliphatic rings. The van der Waals surface area contributed by atoms with E-state index in [4.69, 9.17) is 11.6 Å². The number of nitrogens with one attached hydrogen (secondary N) is 1. The van der Waals surface area contributed by atoms with Crippen molar-refractivity contribution in [2.45, 2.75) is 12.5 Å². The minimum Gasteiger partial charge on any atom is -0.351 e. The van der Waals surface area contributed by atoms with Crippen molar-refractivity contribution >= 4 is 45.3 Å². The Kier molecular flexibility index (Phi) is 4.41. The van der Waals surface area contributed by atoms with Crippen LogP contribution in [0.4, 0.5) is 14.5 Å². The van der Waals surface area contributed by atoms with Crippen molar-refractivity contribution in [1.82, 2.24) is 10.3 Å². The molecule has 1 aliphatic heterocycles. The van der Waals surface area contributed by atoms with Gasteiger partial charge in [-0.05, 0) is 18.2 Å². The molecular formula is C15H9BrClF2N3O. The van der Waals surface area contributed by atoms with E-state index in [1.165, 1.54) is 12.4 Å². The number of carbonyl (C=O) groups excluding carboxylic acids is 1. The van der Waals surface area contributed by atoms with E-state index < -0.39 is 23.5 Å². The van der Waals surface area contributed by atoms with Crippen LogP contribution in [-0.2, 0) is 11.3 Å². The summed E-state index contributed by atoms with van der Waals surface area (Å²) in [6.45, 7) is -0.262. The van der Waals surface area contributed by atoms with Gasteiger partial charge in [0.05, 0.1) is 11.9 Å². The van der Waals surface area contributed by atoms with Crippen LogP contribution in [0.1, 0.15) is 17.0 Å². The molecule has 1 aromatic carbocycles. The van der Waals surface area contributed by atoms with Gasteiger partial charge >= 0.3 is 0 Å². The molecule has 0 aliphatic carbocycles. The molecule has 1 N–H and O–H groups in total. The Morgan fingerprint density at radius 3 is 2.70 bits per heavy atom. The summed E-state index contributed by atoms with van der Waals surface area (Å²) in [5, 5.41) is 2.76. The number of rotatable bonds is 3. The second-order valence-corrected chi connectivity index (χ2v) is 6.19. The molecule has 2 heterocycles. The maximum absolute atomic E-state index is 13.8. The molecule has 1 amide bonds. The highest BCUT2D eigenvalue weighted by atomic mass is 79.9. The summed E-state index contributed by atoms with van der Waals surface area (Å²) in [5.74, 6) is -2.54. The molecular weight excluding hydrogens is 392 g/mol. The van der Waals surface area contributed by atoms with Crippen LogP contribution in [0.3, 0.4) is 0 Å². The normalized spacial score (nSPS) is 15.6. The zero-order valence-electron chi connectivity index (χ0n) is 11.5. The van der Waals surface area contributed by atoms with E-state index in [0.717, 1.165) is 12.1 Å². The maximum Gasteiger partial charge on any atom is 0.233 e. The molecule has 0 fully saturated rings. The average Bonchev–Trinajstić information content (AvgIpc) is 2.88. The molecule has 0 bridgehead atoms. The van der Waals surface area contributed by atoms with Crippen LogP contribution < -0.4 is 5.32 Å². The molecule has 1 unspecified atom stereocenters. The Hall–Kier alpha value is -1.86. The number of hydrogen-bond acceptors (Lipinski definition) is 3. The van der Waals surface area contributed by atoms with E-state index >= 15 is 0 Å². The highest BCUT2D eigenvalue weighted by Gasteiger charge is 2.26. The molecule has 118 valence electrons. The van der Waals surface area contributed by atoms with Crippen LogP contribution in [0.2, 0.25) is 5.15 Å². The number of pyridine rings is 1. The molecule has 0 saturated carbocycles. The van der Waals surface area contributed by atoms with Gasteiger partial charge in [-0.2, -0.15) is 0 Å². The van der Waals surface area contributed by atoms with Crippen molar-refractivity contribution in [2.24, 2.45) is 4.99 Å². The SMILES string of the molecule is O=C(NCc1c(F)cc(Br)cc1F)C1C=Nc2cnc(Cl)cc21. The summed E-state index contributed by atoms with van der Waals surface area (Å²) < 4.78 is 27.8. The summed E-state index contributed by atoms with van der Waals surface area (Å²) in [7, 11) is 0. The lowest BCUT2D eigenvalue weighted by Crippen LogP contribution is -2.29. The maximum atomic E-state index is 13.8. The number of aromatic nitrogens is 1. The zero-order chi connectivity index (χ0) is 16.6. The Bertz CT molecular complexity index is 805. The number of hydrogen-bond donors (Lipinski definition) is 1. The monoisotopic (exact) mass is 399 g/mol. The number of amides is 1. The van der Waals surface area contributed by atoms with E-state index in [2.05, 4.69) is 31.2 Å². The van der Waals surface area contributed by atoms with E-state index in [-0.39, 0.29) is 17.3 Å². The fourth-order valence-electron chi connectivity index (χ4n) is 2.26. The van der Waals surface area contributed by atoms with Gasteiger partial charge in [-0.1, -0.05) is 27.5 Å². The van der Waals surface area contributed by atoms with Crippen LogP contribution in [0.25, 0.3) is 0 Å². The van der Waals surface area contributed by atoms with Gasteiger partial charge in [0, 0.05) is 28.4 Å². The van der Waals surface area contributed by atoms with Gasteiger partial charge in [0.25, 0.3) is 0 Å². The predicted molar refractivity (Wildman–Crippen MR) is 86.0 cm³/mol. The molecule has 2 aromatic rings. The zero-order valence-corrected chi connectivity index (χ0v) is 13.8. The number of carbonyl (C=O) groups is 1. The number of fused-ring (bicyclic) bond motifs is 1. The summed E-state index contributed by atoms with van der Waals surface area (Å²) >= 11 is 8.82. The highest BCUT2D eigenvalue weighted by molar-refractivity contribution is 9.10. The van der Waals surface area contributed by atoms with Crippen LogP contribution in [0.15, 0.2) is 33.9 Å². The van der Waals surface area contributed by atoms with Crippen molar-refractivity contribution in [3.8, 4) is 0 Å². The van der Waals surface area contributed by atoms with Crippen molar-refractivity contribution < 1.29 is 13.6 Å². The minimum absolute atomic E-state index is 0.204. The number of benzene rings is 1. The molecule has 1 aromatic heterocycles. The van der Waals surface area contributed by atoms with Gasteiger partial charge in [-0.3, -0.25) is 9.79 Å². The Balaban J connectivity index is 1.75. The number of aliphatic imine (C=N–C) groups is 1. The summed E-state index contributed by atoms with van der Waals surface area (Å²) in [6.07, 6.45) is 2.92. The van der Waals surface area contributed by atoms with Crippen LogP contribution in [0.5, 0.6) is 0 Å². The van der Waals surface area contributed by atoms with Crippen molar-refractivity contribution in [3.05, 3.63) is 56.8 Å². The summed E-state index contributed by atoms with van der Waals surface area (Å²) in [4.78, 5) is 20.2.